The maximum Gasteiger partial charge on any atom is 0.361 e. The molecule has 9 nitrogen and oxygen atoms in total. The lowest BCUT2D eigenvalue weighted by Crippen LogP contribution is -2.40. The Bertz CT molecular complexity index is 2000. The van der Waals surface area contributed by atoms with Crippen molar-refractivity contribution in [2.45, 2.75) is 399 Å². The van der Waals surface area contributed by atoms with Crippen LogP contribution in [0.3, 0.4) is 0 Å². The average molecular weight is 1380 g/mol. The number of carbonyl (C=O) groups excluding carboxylic acids is 2. The highest BCUT2D eigenvalue weighted by molar-refractivity contribution is 5.71. The molecule has 0 amide bonds. The second-order valence-corrected chi connectivity index (χ2v) is 29.4. The van der Waals surface area contributed by atoms with Crippen molar-refractivity contribution in [3.8, 4) is 0 Å². The molecule has 99 heavy (non-hydrogen) atoms. The highest BCUT2D eigenvalue weighted by Crippen LogP contribution is 2.19. The lowest BCUT2D eigenvalue weighted by molar-refractivity contribution is -0.870. The van der Waals surface area contributed by atoms with Gasteiger partial charge in [0.2, 0.25) is 0 Å². The van der Waals surface area contributed by atoms with E-state index in [1.165, 1.54) is 270 Å². The summed E-state index contributed by atoms with van der Waals surface area (Å²) in [6.07, 6.45) is 110. The van der Waals surface area contributed by atoms with Gasteiger partial charge in [0.25, 0.3) is 6.29 Å². The number of quaternary nitrogens is 1. The molecule has 0 fully saturated rings. The van der Waals surface area contributed by atoms with Crippen molar-refractivity contribution < 1.29 is 42.9 Å². The summed E-state index contributed by atoms with van der Waals surface area (Å²) < 4.78 is 23.1. The Morgan fingerprint density at radius 2 is 0.576 bits per heavy atom. The fourth-order valence-corrected chi connectivity index (χ4v) is 12.1. The molecule has 0 saturated carbocycles. The quantitative estimate of drug-likeness (QED) is 0.0211. The Labute approximate surface area is 613 Å². The van der Waals surface area contributed by atoms with Gasteiger partial charge < -0.3 is 28.5 Å². The van der Waals surface area contributed by atoms with Gasteiger partial charge in [-0.15, -0.1) is 0 Å². The first-order valence-corrected chi connectivity index (χ1v) is 42.1. The molecule has 0 rings (SSSR count). The van der Waals surface area contributed by atoms with Gasteiger partial charge in [0.15, 0.2) is 6.10 Å². The molecule has 0 aliphatic carbocycles. The molecule has 0 aromatic carbocycles. The minimum atomic E-state index is -1.52. The van der Waals surface area contributed by atoms with Crippen LogP contribution in [0, 0.1) is 0 Å². The van der Waals surface area contributed by atoms with Crippen LogP contribution in [0.15, 0.2) is 109 Å². The molecule has 0 heterocycles. The van der Waals surface area contributed by atoms with Crippen LogP contribution in [0.25, 0.3) is 0 Å². The summed E-state index contributed by atoms with van der Waals surface area (Å²) in [6.45, 7) is 4.80. The average Bonchev–Trinajstić information content (AvgIpc) is 1.16. The van der Waals surface area contributed by atoms with Crippen molar-refractivity contribution in [3.05, 3.63) is 109 Å². The van der Waals surface area contributed by atoms with E-state index in [-0.39, 0.29) is 32.2 Å². The van der Waals surface area contributed by atoms with E-state index >= 15 is 0 Å². The second-order valence-electron chi connectivity index (χ2n) is 29.4. The molecule has 1 N–H and O–H groups in total. The van der Waals surface area contributed by atoms with E-state index < -0.39 is 24.3 Å². The predicted octanol–water partition coefficient (Wildman–Crippen LogP) is 27.3. The number of aliphatic carboxylic acids is 1. The number of unbranched alkanes of at least 4 members (excludes halogenated alkanes) is 45. The first-order chi connectivity index (χ1) is 48.6. The molecule has 0 aliphatic rings. The smallest absolute Gasteiger partial charge is 0.361 e. The zero-order valence-electron chi connectivity index (χ0n) is 65.6. The van der Waals surface area contributed by atoms with Crippen LogP contribution < -0.4 is 0 Å². The van der Waals surface area contributed by atoms with Gasteiger partial charge in [-0.1, -0.05) is 380 Å². The van der Waals surface area contributed by atoms with E-state index in [1.807, 2.05) is 21.1 Å². The molecule has 0 aliphatic heterocycles. The molecule has 0 saturated heterocycles. The van der Waals surface area contributed by atoms with Crippen LogP contribution in [0.4, 0.5) is 0 Å². The predicted molar refractivity (Wildman–Crippen MR) is 428 cm³/mol. The molecule has 0 aromatic heterocycles. The van der Waals surface area contributed by atoms with Crippen LogP contribution in [0.1, 0.15) is 386 Å². The normalized spacial score (nSPS) is 13.2. The third-order valence-corrected chi connectivity index (χ3v) is 18.5. The van der Waals surface area contributed by atoms with E-state index in [2.05, 4.69) is 123 Å². The molecule has 572 valence electrons. The van der Waals surface area contributed by atoms with Crippen molar-refractivity contribution in [2.24, 2.45) is 0 Å². The number of nitrogens with zero attached hydrogens (tertiary/aromatic N) is 1. The standard InChI is InChI=1S/C90H159NO8/c1-6-8-10-12-14-16-18-20-22-24-26-28-30-32-34-36-38-40-42-43-44-45-47-48-50-52-54-56-58-60-62-64-66-68-70-72-74-76-78-80-87(92)97-84-86(85-98-90(89(94)95)96-83-82-91(3,4)5)99-88(93)81-79-77-75-73-71-69-67-65-63-61-59-57-55-53-51-49-46-41-39-37-35-33-31-29-27-25-23-21-19-17-15-13-11-9-7-2/h9,11,15,17-18,20-21,23-24,26-27,29,33,35,39,41,49,51,86,90H,6-8,10,12-14,16,19,22,25,28,30-32,34,36-38,40,42-48,50,52-85H2,1-5H3/p+1/b11-9-,17-15-,20-18-,23-21-,26-24-,29-27-,35-33-,41-39-,51-49-. The Kier molecular flexibility index (Phi) is 76.4. The second kappa shape index (κ2) is 79.6. The first kappa shape index (κ1) is 94.9. The van der Waals surface area contributed by atoms with Crippen molar-refractivity contribution in [3.63, 3.8) is 0 Å². The third kappa shape index (κ3) is 81.1. The number of hydrogen-bond acceptors (Lipinski definition) is 7. The maximum absolute atomic E-state index is 13.0. The van der Waals surface area contributed by atoms with Crippen LogP contribution in [0.5, 0.6) is 0 Å². The van der Waals surface area contributed by atoms with Gasteiger partial charge in [0.05, 0.1) is 34.4 Å². The Morgan fingerprint density at radius 1 is 0.313 bits per heavy atom. The largest absolute Gasteiger partial charge is 0.477 e. The van der Waals surface area contributed by atoms with Gasteiger partial charge in [-0.2, -0.15) is 0 Å². The number of ether oxygens (including phenoxy) is 4. The number of hydrogen-bond donors (Lipinski definition) is 1. The van der Waals surface area contributed by atoms with Gasteiger partial charge in [0.1, 0.15) is 13.2 Å². The molecule has 2 unspecified atom stereocenters. The number of allylic oxidation sites excluding steroid dienone is 18. The zero-order valence-corrected chi connectivity index (χ0v) is 65.6. The first-order valence-electron chi connectivity index (χ1n) is 42.1. The van der Waals surface area contributed by atoms with E-state index in [1.54, 1.807) is 0 Å². The van der Waals surface area contributed by atoms with Crippen LogP contribution in [-0.2, 0) is 33.3 Å². The summed E-state index contributed by atoms with van der Waals surface area (Å²) in [5.41, 5.74) is 0. The summed E-state index contributed by atoms with van der Waals surface area (Å²) in [7, 11) is 5.99. The van der Waals surface area contributed by atoms with E-state index in [9.17, 15) is 19.5 Å². The molecule has 0 spiro atoms. The Morgan fingerprint density at radius 3 is 0.859 bits per heavy atom. The van der Waals surface area contributed by atoms with Gasteiger partial charge >= 0.3 is 17.9 Å². The Balaban J connectivity index is 3.98. The van der Waals surface area contributed by atoms with Crippen molar-refractivity contribution in [1.82, 2.24) is 0 Å². The fourth-order valence-electron chi connectivity index (χ4n) is 12.1. The topological polar surface area (TPSA) is 108 Å². The van der Waals surface area contributed by atoms with E-state index in [4.69, 9.17) is 18.9 Å². The molecular formula is C90H160NO8+. The summed E-state index contributed by atoms with van der Waals surface area (Å²) in [6, 6.07) is 0. The fraction of sp³-hybridized carbons (Fsp3) is 0.767. The van der Waals surface area contributed by atoms with E-state index in [0.29, 0.717) is 17.4 Å². The van der Waals surface area contributed by atoms with Crippen molar-refractivity contribution in [2.75, 3.05) is 47.5 Å². The minimum Gasteiger partial charge on any atom is -0.477 e. The third-order valence-electron chi connectivity index (χ3n) is 18.5. The maximum atomic E-state index is 13.0. The van der Waals surface area contributed by atoms with Crippen molar-refractivity contribution in [1.29, 1.82) is 0 Å². The summed E-state index contributed by atoms with van der Waals surface area (Å²) in [5, 5.41) is 9.78. The molecule has 2 atom stereocenters. The lowest BCUT2D eigenvalue weighted by Gasteiger charge is -2.25. The molecular weight excluding hydrogens is 1220 g/mol. The molecule has 0 bridgehead atoms. The van der Waals surface area contributed by atoms with Crippen LogP contribution in [0.2, 0.25) is 0 Å². The molecule has 9 heteroatoms. The summed E-state index contributed by atoms with van der Waals surface area (Å²) in [4.78, 5) is 37.8. The lowest BCUT2D eigenvalue weighted by atomic mass is 10.0. The van der Waals surface area contributed by atoms with Gasteiger partial charge in [-0.05, 0) is 103 Å². The number of esters is 2. The highest BCUT2D eigenvalue weighted by Gasteiger charge is 2.25. The minimum absolute atomic E-state index is 0.182. The van der Waals surface area contributed by atoms with Crippen molar-refractivity contribution >= 4 is 17.9 Å². The molecule has 0 aromatic rings. The molecule has 0 radical (unpaired) electrons. The van der Waals surface area contributed by atoms with Gasteiger partial charge in [-0.3, -0.25) is 9.59 Å². The van der Waals surface area contributed by atoms with Crippen LogP contribution in [-0.4, -0.2) is 87.4 Å². The number of carboxylic acids is 1. The van der Waals surface area contributed by atoms with Crippen LogP contribution >= 0.6 is 0 Å². The summed E-state index contributed by atoms with van der Waals surface area (Å²) in [5.74, 6) is -1.99. The number of rotatable bonds is 78. The summed E-state index contributed by atoms with van der Waals surface area (Å²) >= 11 is 0. The highest BCUT2D eigenvalue weighted by atomic mass is 16.7. The SMILES string of the molecule is CC/C=C\C/C=C\C/C=C\C/C=C\C/C=C\C/C=C\C/C=C\CCCCCCCCCCCCCCCC(=O)OC(COC(=O)CCCCCCCCCCCCCCCCCCCCCCCCCCCCC/C=C\C/C=C\CCCCCCC)COC(OCC[N+](C)(C)C)C(=O)O. The van der Waals surface area contributed by atoms with E-state index in [0.717, 1.165) is 89.9 Å². The number of likely N-dealkylation sites (N-methyl/N-ethyl adjacent to an activating group) is 1. The monoisotopic (exact) mass is 1380 g/mol. The van der Waals surface area contributed by atoms with Gasteiger partial charge in [0, 0.05) is 12.8 Å². The number of carbonyl (C=O) groups is 3. The van der Waals surface area contributed by atoms with Gasteiger partial charge in [-0.25, -0.2) is 4.79 Å². The number of carboxylic acid groups (broad SMARTS) is 1. The Hall–Kier alpha value is -4.05. The zero-order chi connectivity index (χ0) is 71.8.